The summed E-state index contributed by atoms with van der Waals surface area (Å²) in [6.45, 7) is 0.495. The van der Waals surface area contributed by atoms with Gasteiger partial charge in [0.25, 0.3) is 10.0 Å². The van der Waals surface area contributed by atoms with Crippen LogP contribution in [0.25, 0.3) is 11.3 Å². The lowest BCUT2D eigenvalue weighted by molar-refractivity contribution is 0.348. The summed E-state index contributed by atoms with van der Waals surface area (Å²) in [7, 11) is -3.85. The van der Waals surface area contributed by atoms with Gasteiger partial charge in [0.15, 0.2) is 11.6 Å². The molecule has 1 spiro atoms. The molecule has 1 fully saturated rings. The van der Waals surface area contributed by atoms with Crippen LogP contribution in [0.1, 0.15) is 29.5 Å². The summed E-state index contributed by atoms with van der Waals surface area (Å²) >= 11 is 3.53. The maximum atomic E-state index is 13.1. The predicted octanol–water partition coefficient (Wildman–Crippen LogP) is 4.43. The molecule has 0 saturated heterocycles. The number of nitrogens with zero attached hydrogens (tertiary/aromatic N) is 1. The second kappa shape index (κ2) is 5.86. The van der Waals surface area contributed by atoms with Gasteiger partial charge in [-0.3, -0.25) is 4.72 Å². The molecular weight excluding hydrogens is 456 g/mol. The van der Waals surface area contributed by atoms with Crippen molar-refractivity contribution in [2.75, 3.05) is 11.3 Å². The van der Waals surface area contributed by atoms with E-state index in [0.717, 1.165) is 40.4 Å². The van der Waals surface area contributed by atoms with E-state index in [0.29, 0.717) is 24.5 Å². The van der Waals surface area contributed by atoms with E-state index in [4.69, 9.17) is 9.26 Å². The third-order valence-corrected chi connectivity index (χ3v) is 8.01. The van der Waals surface area contributed by atoms with Crippen LogP contribution < -0.4 is 9.46 Å². The Morgan fingerprint density at radius 3 is 2.86 bits per heavy atom. The SMILES string of the molecule is O=S(=O)(Nc1noc2c1CC1(CC1)c1ccc(Br)cc1-2)c1cccc2c1OCC2. The van der Waals surface area contributed by atoms with E-state index >= 15 is 0 Å². The second-order valence-corrected chi connectivity index (χ2v) is 10.5. The average molecular weight is 473 g/mol. The molecule has 2 aliphatic carbocycles. The van der Waals surface area contributed by atoms with E-state index in [9.17, 15) is 8.42 Å². The molecule has 0 bridgehead atoms. The highest BCUT2D eigenvalue weighted by Gasteiger charge is 2.50. The summed E-state index contributed by atoms with van der Waals surface area (Å²) in [5, 5.41) is 4.10. The average Bonchev–Trinajstić information content (AvgIpc) is 3.11. The van der Waals surface area contributed by atoms with E-state index < -0.39 is 10.0 Å². The predicted molar refractivity (Wildman–Crippen MR) is 111 cm³/mol. The third kappa shape index (κ3) is 2.58. The Morgan fingerprint density at radius 1 is 1.17 bits per heavy atom. The Labute approximate surface area is 176 Å². The number of anilines is 1. The fourth-order valence-corrected chi connectivity index (χ4v) is 6.12. The Hall–Kier alpha value is -2.32. The van der Waals surface area contributed by atoms with Crippen molar-refractivity contribution < 1.29 is 17.7 Å². The number of nitrogens with one attached hydrogen (secondary N) is 1. The Morgan fingerprint density at radius 2 is 2.03 bits per heavy atom. The van der Waals surface area contributed by atoms with Gasteiger partial charge in [-0.1, -0.05) is 39.3 Å². The standard InChI is InChI=1S/C21H17BrN2O4S/c22-13-4-5-16-14(10-13)19-15(11-21(16)7-8-21)20(23-28-19)24-29(25,26)17-3-1-2-12-6-9-27-18(12)17/h1-5,10H,6-9,11H2,(H,23,24). The molecule has 0 atom stereocenters. The van der Waals surface area contributed by atoms with Gasteiger partial charge in [-0.25, -0.2) is 8.42 Å². The minimum Gasteiger partial charge on any atom is -0.492 e. The highest BCUT2D eigenvalue weighted by molar-refractivity contribution is 9.10. The molecule has 2 heterocycles. The number of para-hydroxylation sites is 1. The number of aromatic nitrogens is 1. The van der Waals surface area contributed by atoms with Crippen LogP contribution in [-0.4, -0.2) is 20.2 Å². The maximum Gasteiger partial charge on any atom is 0.266 e. The Kier molecular flexibility index (Phi) is 3.54. The van der Waals surface area contributed by atoms with Gasteiger partial charge in [0.1, 0.15) is 10.6 Å². The van der Waals surface area contributed by atoms with Gasteiger partial charge in [-0.05, 0) is 48.6 Å². The van der Waals surface area contributed by atoms with Crippen molar-refractivity contribution >= 4 is 31.8 Å². The first kappa shape index (κ1) is 17.5. The van der Waals surface area contributed by atoms with E-state index in [2.05, 4.69) is 31.9 Å². The van der Waals surface area contributed by atoms with Gasteiger partial charge in [0.05, 0.1) is 6.61 Å². The molecule has 1 saturated carbocycles. The molecule has 2 aromatic carbocycles. The molecule has 3 aromatic rings. The number of halogens is 1. The topological polar surface area (TPSA) is 81.4 Å². The van der Waals surface area contributed by atoms with Crippen molar-refractivity contribution in [3.8, 4) is 17.1 Å². The number of ether oxygens (including phenoxy) is 1. The summed E-state index contributed by atoms with van der Waals surface area (Å²) in [5.74, 6) is 1.35. The minimum atomic E-state index is -3.85. The molecule has 1 aromatic heterocycles. The van der Waals surface area contributed by atoms with Crippen molar-refractivity contribution in [2.45, 2.75) is 36.0 Å². The summed E-state index contributed by atoms with van der Waals surface area (Å²) in [6, 6.07) is 11.4. The van der Waals surface area contributed by atoms with Crippen molar-refractivity contribution in [1.29, 1.82) is 0 Å². The summed E-state index contributed by atoms with van der Waals surface area (Å²) in [6.07, 6.45) is 3.60. The fraction of sp³-hybridized carbons (Fsp3) is 0.286. The van der Waals surface area contributed by atoms with Crippen LogP contribution in [0.2, 0.25) is 0 Å². The quantitative estimate of drug-likeness (QED) is 0.609. The lowest BCUT2D eigenvalue weighted by Gasteiger charge is -2.24. The molecule has 8 heteroatoms. The molecule has 148 valence electrons. The molecule has 3 aliphatic rings. The lowest BCUT2D eigenvalue weighted by atomic mass is 9.79. The highest BCUT2D eigenvalue weighted by Crippen LogP contribution is 2.58. The van der Waals surface area contributed by atoms with E-state index in [1.807, 2.05) is 18.2 Å². The van der Waals surface area contributed by atoms with Gasteiger partial charge >= 0.3 is 0 Å². The zero-order valence-corrected chi connectivity index (χ0v) is 17.8. The highest BCUT2D eigenvalue weighted by atomic mass is 79.9. The van der Waals surface area contributed by atoms with Crippen LogP contribution in [0.15, 0.2) is 50.3 Å². The molecule has 0 unspecified atom stereocenters. The van der Waals surface area contributed by atoms with E-state index in [-0.39, 0.29) is 16.1 Å². The molecule has 0 radical (unpaired) electrons. The smallest absolute Gasteiger partial charge is 0.266 e. The number of sulfonamides is 1. The van der Waals surface area contributed by atoms with Crippen LogP contribution in [0.5, 0.6) is 5.75 Å². The van der Waals surface area contributed by atoms with Crippen LogP contribution in [0.3, 0.4) is 0 Å². The van der Waals surface area contributed by atoms with Crippen molar-refractivity contribution in [2.24, 2.45) is 0 Å². The van der Waals surface area contributed by atoms with Gasteiger partial charge in [-0.15, -0.1) is 0 Å². The van der Waals surface area contributed by atoms with Crippen LogP contribution in [-0.2, 0) is 28.3 Å². The summed E-state index contributed by atoms with van der Waals surface area (Å²) in [4.78, 5) is 0.143. The molecule has 6 nitrogen and oxygen atoms in total. The zero-order valence-electron chi connectivity index (χ0n) is 15.4. The number of hydrogen-bond acceptors (Lipinski definition) is 5. The molecule has 1 aliphatic heterocycles. The molecule has 29 heavy (non-hydrogen) atoms. The maximum absolute atomic E-state index is 13.1. The van der Waals surface area contributed by atoms with Crippen molar-refractivity contribution in [3.63, 3.8) is 0 Å². The summed E-state index contributed by atoms with van der Waals surface area (Å²) < 4.78 is 41.1. The van der Waals surface area contributed by atoms with Gasteiger partial charge < -0.3 is 9.26 Å². The van der Waals surface area contributed by atoms with Gasteiger partial charge in [0, 0.05) is 27.4 Å². The van der Waals surface area contributed by atoms with Crippen LogP contribution >= 0.6 is 15.9 Å². The van der Waals surface area contributed by atoms with E-state index in [1.54, 1.807) is 12.1 Å². The monoisotopic (exact) mass is 472 g/mol. The first-order chi connectivity index (χ1) is 14.0. The minimum absolute atomic E-state index is 0.0614. The second-order valence-electron chi connectivity index (χ2n) is 7.93. The normalized spacial score (nSPS) is 18.0. The number of rotatable bonds is 3. The van der Waals surface area contributed by atoms with Gasteiger partial charge in [-0.2, -0.15) is 0 Å². The van der Waals surface area contributed by atoms with E-state index in [1.165, 1.54) is 5.56 Å². The first-order valence-electron chi connectivity index (χ1n) is 9.53. The molecule has 1 N–H and O–H groups in total. The summed E-state index contributed by atoms with van der Waals surface area (Å²) in [5.41, 5.74) is 4.04. The molecule has 0 amide bonds. The fourth-order valence-electron chi connectivity index (χ4n) is 4.54. The number of fused-ring (bicyclic) bond motifs is 5. The number of hydrogen-bond donors (Lipinski definition) is 1. The molecular formula is C21H17BrN2O4S. The van der Waals surface area contributed by atoms with Crippen LogP contribution in [0, 0.1) is 0 Å². The Bertz CT molecular complexity index is 1280. The Balaban J connectivity index is 1.43. The largest absolute Gasteiger partial charge is 0.492 e. The first-order valence-corrected chi connectivity index (χ1v) is 11.8. The van der Waals surface area contributed by atoms with Crippen molar-refractivity contribution in [1.82, 2.24) is 5.16 Å². The zero-order chi connectivity index (χ0) is 19.8. The van der Waals surface area contributed by atoms with Crippen molar-refractivity contribution in [3.05, 3.63) is 57.6 Å². The lowest BCUT2D eigenvalue weighted by Crippen LogP contribution is -2.20. The molecule has 6 rings (SSSR count). The third-order valence-electron chi connectivity index (χ3n) is 6.15. The van der Waals surface area contributed by atoms with Gasteiger partial charge in [0.2, 0.25) is 0 Å². The van der Waals surface area contributed by atoms with Crippen LogP contribution in [0.4, 0.5) is 5.82 Å². The number of benzene rings is 2.